The van der Waals surface area contributed by atoms with Gasteiger partial charge in [0.1, 0.15) is 11.7 Å². The largest absolute Gasteiger partial charge is 0.372 e. The van der Waals surface area contributed by atoms with Crippen LogP contribution in [0.1, 0.15) is 31.0 Å². The van der Waals surface area contributed by atoms with Gasteiger partial charge in [0.05, 0.1) is 17.9 Å². The Hall–Kier alpha value is -4.18. The molecule has 1 aliphatic heterocycles. The Bertz CT molecular complexity index is 1450. The van der Waals surface area contributed by atoms with Gasteiger partial charge >= 0.3 is 0 Å². The molecule has 2 aromatic heterocycles. The van der Waals surface area contributed by atoms with E-state index in [4.69, 9.17) is 5.10 Å². The number of thioether (sulfide) groups is 1. The van der Waals surface area contributed by atoms with Gasteiger partial charge in [0.2, 0.25) is 17.0 Å². The molecular weight excluding hydrogens is 513 g/mol. The van der Waals surface area contributed by atoms with Gasteiger partial charge in [0, 0.05) is 36.4 Å². The number of hydrogen-bond donors (Lipinski definition) is 2. The minimum absolute atomic E-state index is 0.236. The highest BCUT2D eigenvalue weighted by atomic mass is 32.2. The topological polar surface area (TPSA) is 88.0 Å². The molecule has 0 spiro atoms. The summed E-state index contributed by atoms with van der Waals surface area (Å²) in [7, 11) is 0. The summed E-state index contributed by atoms with van der Waals surface area (Å²) in [5.41, 5.74) is 3.69. The highest BCUT2D eigenvalue weighted by molar-refractivity contribution is 7.98. The SMILES string of the molecule is C=C1Nc2nc(SCc3ccccc3F)nn2[C@@H](c2ccc(N(CC)CC)cc2)[C@@H]1C(=O)Nc1cccnc1. The zero-order valence-electron chi connectivity index (χ0n) is 21.8. The molecule has 0 radical (unpaired) electrons. The van der Waals surface area contributed by atoms with E-state index in [0.29, 0.717) is 33.8 Å². The van der Waals surface area contributed by atoms with E-state index in [0.717, 1.165) is 24.3 Å². The quantitative estimate of drug-likeness (QED) is 0.261. The zero-order valence-corrected chi connectivity index (χ0v) is 22.7. The Labute approximate surface area is 231 Å². The van der Waals surface area contributed by atoms with Crippen LogP contribution in [0, 0.1) is 11.7 Å². The summed E-state index contributed by atoms with van der Waals surface area (Å²) in [4.78, 5) is 24.6. The highest BCUT2D eigenvalue weighted by Gasteiger charge is 2.40. The van der Waals surface area contributed by atoms with Crippen LogP contribution in [0.5, 0.6) is 0 Å². The smallest absolute Gasteiger partial charge is 0.236 e. The minimum Gasteiger partial charge on any atom is -0.372 e. The van der Waals surface area contributed by atoms with Crippen LogP contribution in [0.4, 0.5) is 21.7 Å². The maximum absolute atomic E-state index is 14.2. The van der Waals surface area contributed by atoms with Crippen molar-refractivity contribution in [3.8, 4) is 0 Å². The Morgan fingerprint density at radius 1 is 1.13 bits per heavy atom. The monoisotopic (exact) mass is 543 g/mol. The number of anilines is 3. The molecule has 1 aliphatic rings. The lowest BCUT2D eigenvalue weighted by molar-refractivity contribution is -0.119. The van der Waals surface area contributed by atoms with Gasteiger partial charge in [-0.3, -0.25) is 9.78 Å². The van der Waals surface area contributed by atoms with Crippen LogP contribution in [0.3, 0.4) is 0 Å². The molecule has 4 aromatic rings. The normalized spacial score (nSPS) is 16.3. The summed E-state index contributed by atoms with van der Waals surface area (Å²) >= 11 is 1.34. The van der Waals surface area contributed by atoms with Gasteiger partial charge in [-0.25, -0.2) is 9.07 Å². The Morgan fingerprint density at radius 2 is 1.90 bits per heavy atom. The molecular formula is C29H30FN7OS. The first-order valence-electron chi connectivity index (χ1n) is 12.8. The summed E-state index contributed by atoms with van der Waals surface area (Å²) < 4.78 is 15.9. The van der Waals surface area contributed by atoms with E-state index in [2.05, 4.69) is 58.1 Å². The van der Waals surface area contributed by atoms with Gasteiger partial charge < -0.3 is 15.5 Å². The first-order chi connectivity index (χ1) is 19.0. The van der Waals surface area contributed by atoms with E-state index < -0.39 is 12.0 Å². The third-order valence-electron chi connectivity index (χ3n) is 6.73. The lowest BCUT2D eigenvalue weighted by atomic mass is 9.88. The average Bonchev–Trinajstić information content (AvgIpc) is 3.36. The third-order valence-corrected chi connectivity index (χ3v) is 7.61. The molecule has 0 bridgehead atoms. The molecule has 200 valence electrons. The zero-order chi connectivity index (χ0) is 27.4. The van der Waals surface area contributed by atoms with Gasteiger partial charge in [-0.2, -0.15) is 4.98 Å². The molecule has 39 heavy (non-hydrogen) atoms. The molecule has 5 rings (SSSR count). The first-order valence-corrected chi connectivity index (χ1v) is 13.8. The summed E-state index contributed by atoms with van der Waals surface area (Å²) in [6, 6.07) is 17.9. The van der Waals surface area contributed by atoms with Crippen molar-refractivity contribution in [1.82, 2.24) is 19.7 Å². The second kappa shape index (κ2) is 11.7. The van der Waals surface area contributed by atoms with Crippen molar-refractivity contribution in [2.75, 3.05) is 28.6 Å². The predicted octanol–water partition coefficient (Wildman–Crippen LogP) is 5.73. The Balaban J connectivity index is 1.49. The van der Waals surface area contributed by atoms with E-state index in [9.17, 15) is 9.18 Å². The lowest BCUT2D eigenvalue weighted by Crippen LogP contribution is -2.39. The first kappa shape index (κ1) is 26.4. The summed E-state index contributed by atoms with van der Waals surface area (Å²) in [6.07, 6.45) is 3.25. The van der Waals surface area contributed by atoms with Crippen LogP contribution in [0.2, 0.25) is 0 Å². The van der Waals surface area contributed by atoms with Crippen molar-refractivity contribution in [2.24, 2.45) is 5.92 Å². The molecule has 0 saturated carbocycles. The van der Waals surface area contributed by atoms with Crippen LogP contribution in [-0.4, -0.2) is 38.7 Å². The van der Waals surface area contributed by atoms with E-state index in [1.54, 1.807) is 47.4 Å². The highest BCUT2D eigenvalue weighted by Crippen LogP contribution is 2.39. The molecule has 2 aromatic carbocycles. The number of rotatable bonds is 9. The van der Waals surface area contributed by atoms with Gasteiger partial charge in [0.25, 0.3) is 0 Å². The van der Waals surface area contributed by atoms with Crippen LogP contribution in [0.15, 0.2) is 90.5 Å². The van der Waals surface area contributed by atoms with Gasteiger partial charge in [-0.1, -0.05) is 48.7 Å². The number of pyridine rings is 1. The molecule has 0 aliphatic carbocycles. The number of hydrogen-bond acceptors (Lipinski definition) is 7. The molecule has 2 N–H and O–H groups in total. The van der Waals surface area contributed by atoms with Crippen LogP contribution < -0.4 is 15.5 Å². The number of benzene rings is 2. The second-order valence-electron chi connectivity index (χ2n) is 9.11. The number of nitrogens with one attached hydrogen (secondary N) is 2. The van der Waals surface area contributed by atoms with Crippen molar-refractivity contribution >= 4 is 35.0 Å². The molecule has 0 saturated heterocycles. The molecule has 10 heteroatoms. The summed E-state index contributed by atoms with van der Waals surface area (Å²) in [5, 5.41) is 11.4. The standard InChI is InChI=1S/C29H30FN7OS/c1-4-36(5-2)23-14-12-20(13-15-23)26-25(27(38)33-22-10-8-16-31-17-22)19(3)32-28-34-29(35-37(26)28)39-18-21-9-6-7-11-24(21)30/h6-17,25-26H,3-5,18H2,1-2H3,(H,33,38)(H,32,34,35)/t25-,26+/m1/s1. The second-order valence-corrected chi connectivity index (χ2v) is 10.1. The number of halogens is 1. The molecule has 0 unspecified atom stereocenters. The number of carbonyl (C=O) groups excluding carboxylic acids is 1. The van der Waals surface area contributed by atoms with Crippen molar-refractivity contribution in [3.63, 3.8) is 0 Å². The fourth-order valence-corrected chi connectivity index (χ4v) is 5.53. The summed E-state index contributed by atoms with van der Waals surface area (Å²) in [5.74, 6) is -0.313. The van der Waals surface area contributed by atoms with Crippen LogP contribution in [0.25, 0.3) is 0 Å². The third kappa shape index (κ3) is 5.65. The van der Waals surface area contributed by atoms with Crippen molar-refractivity contribution < 1.29 is 9.18 Å². The fraction of sp³-hybridized carbons (Fsp3) is 0.241. The van der Waals surface area contributed by atoms with Crippen LogP contribution in [-0.2, 0) is 10.5 Å². The Morgan fingerprint density at radius 3 is 2.59 bits per heavy atom. The molecule has 1 amide bonds. The maximum atomic E-state index is 14.2. The van der Waals surface area contributed by atoms with Crippen molar-refractivity contribution in [3.05, 3.63) is 102 Å². The van der Waals surface area contributed by atoms with Crippen LogP contribution >= 0.6 is 11.8 Å². The van der Waals surface area contributed by atoms with E-state index in [1.807, 2.05) is 12.1 Å². The lowest BCUT2D eigenvalue weighted by Gasteiger charge is -2.34. The molecule has 0 fully saturated rings. The summed E-state index contributed by atoms with van der Waals surface area (Å²) in [6.45, 7) is 10.2. The maximum Gasteiger partial charge on any atom is 0.236 e. The van der Waals surface area contributed by atoms with Crippen molar-refractivity contribution in [1.29, 1.82) is 0 Å². The number of nitrogens with zero attached hydrogens (tertiary/aromatic N) is 5. The number of amides is 1. The molecule has 3 heterocycles. The molecule has 2 atom stereocenters. The van der Waals surface area contributed by atoms with Gasteiger partial charge in [0.15, 0.2) is 0 Å². The molecule has 8 nitrogen and oxygen atoms in total. The van der Waals surface area contributed by atoms with E-state index in [-0.39, 0.29) is 11.7 Å². The number of carbonyl (C=O) groups is 1. The van der Waals surface area contributed by atoms with Gasteiger partial charge in [-0.15, -0.1) is 5.10 Å². The Kier molecular flexibility index (Phi) is 7.92. The van der Waals surface area contributed by atoms with E-state index >= 15 is 0 Å². The number of fused-ring (bicyclic) bond motifs is 1. The average molecular weight is 544 g/mol. The van der Waals surface area contributed by atoms with E-state index in [1.165, 1.54) is 17.8 Å². The van der Waals surface area contributed by atoms with Gasteiger partial charge in [-0.05, 0) is 55.3 Å². The predicted molar refractivity (Wildman–Crippen MR) is 153 cm³/mol. The minimum atomic E-state index is -0.678. The fourth-order valence-electron chi connectivity index (χ4n) is 4.72. The number of aromatic nitrogens is 4. The van der Waals surface area contributed by atoms with Crippen molar-refractivity contribution in [2.45, 2.75) is 30.8 Å².